The largest absolute Gasteiger partial charge is 0.356 e. The predicted molar refractivity (Wildman–Crippen MR) is 107 cm³/mol. The minimum absolute atomic E-state index is 0.0440. The van der Waals surface area contributed by atoms with E-state index in [2.05, 4.69) is 65.1 Å². The summed E-state index contributed by atoms with van der Waals surface area (Å²) in [7, 11) is 0. The van der Waals surface area contributed by atoms with E-state index >= 15 is 0 Å². The number of nitrogens with one attached hydrogen (secondary N) is 1. The molecule has 0 saturated heterocycles. The Labute approximate surface area is 158 Å². The number of carbonyl (C=O) groups is 1. The first-order valence-electron chi connectivity index (χ1n) is 9.04. The van der Waals surface area contributed by atoms with Gasteiger partial charge < -0.3 is 5.32 Å². The quantitative estimate of drug-likeness (QED) is 0.606. The Bertz CT molecular complexity index is 832. The summed E-state index contributed by atoms with van der Waals surface area (Å²) in [6.07, 6.45) is 3.47. The molecule has 1 aromatic carbocycles. The van der Waals surface area contributed by atoms with Gasteiger partial charge >= 0.3 is 0 Å². The Morgan fingerprint density at radius 1 is 1.08 bits per heavy atom. The molecule has 26 heavy (non-hydrogen) atoms. The van der Waals surface area contributed by atoms with E-state index in [4.69, 9.17) is 0 Å². The number of hydrogen-bond donors (Lipinski definition) is 1. The SMILES string of the molecule is Cc1ccc(C)n1-c1nc(CC(=O)NCCCCc2ccccc2)cs1. The Morgan fingerprint density at radius 3 is 2.54 bits per heavy atom. The topological polar surface area (TPSA) is 46.9 Å². The van der Waals surface area contributed by atoms with Crippen molar-refractivity contribution in [1.29, 1.82) is 0 Å². The molecule has 0 spiro atoms. The number of carbonyl (C=O) groups excluding carboxylic acids is 1. The molecular formula is C21H25N3OS. The molecule has 0 unspecified atom stereocenters. The lowest BCUT2D eigenvalue weighted by Gasteiger charge is -2.05. The number of amides is 1. The molecule has 0 aliphatic rings. The molecule has 3 aromatic rings. The summed E-state index contributed by atoms with van der Waals surface area (Å²) in [4.78, 5) is 16.7. The zero-order chi connectivity index (χ0) is 18.4. The van der Waals surface area contributed by atoms with Crippen molar-refractivity contribution in [1.82, 2.24) is 14.9 Å². The van der Waals surface area contributed by atoms with Gasteiger partial charge in [0, 0.05) is 23.3 Å². The van der Waals surface area contributed by atoms with Crippen LogP contribution in [0, 0.1) is 13.8 Å². The summed E-state index contributed by atoms with van der Waals surface area (Å²) in [5.41, 5.74) is 4.50. The van der Waals surface area contributed by atoms with Gasteiger partial charge in [0.05, 0.1) is 12.1 Å². The predicted octanol–water partition coefficient (Wildman–Crippen LogP) is 4.23. The van der Waals surface area contributed by atoms with Crippen molar-refractivity contribution in [3.63, 3.8) is 0 Å². The van der Waals surface area contributed by atoms with E-state index in [1.54, 1.807) is 11.3 Å². The fourth-order valence-corrected chi connectivity index (χ4v) is 3.94. The van der Waals surface area contributed by atoms with E-state index < -0.39 is 0 Å². The van der Waals surface area contributed by atoms with Gasteiger partial charge in [0.25, 0.3) is 0 Å². The number of aromatic nitrogens is 2. The average molecular weight is 368 g/mol. The van der Waals surface area contributed by atoms with Gasteiger partial charge in [-0.3, -0.25) is 9.36 Å². The third kappa shape index (κ3) is 4.82. The Hall–Kier alpha value is -2.40. The second-order valence-corrected chi connectivity index (χ2v) is 7.38. The number of unbranched alkanes of at least 4 members (excludes halogenated alkanes) is 1. The van der Waals surface area contributed by atoms with Crippen LogP contribution in [0.2, 0.25) is 0 Å². The van der Waals surface area contributed by atoms with Crippen LogP contribution in [0.5, 0.6) is 0 Å². The van der Waals surface area contributed by atoms with Crippen molar-refractivity contribution < 1.29 is 4.79 Å². The molecule has 0 saturated carbocycles. The third-order valence-electron chi connectivity index (χ3n) is 4.40. The van der Waals surface area contributed by atoms with Gasteiger partial charge in [-0.1, -0.05) is 30.3 Å². The standard InChI is InChI=1S/C21H25N3OS/c1-16-11-12-17(2)24(16)21-23-19(15-26-21)14-20(25)22-13-7-6-10-18-8-4-3-5-9-18/h3-5,8-9,11-12,15H,6-7,10,13-14H2,1-2H3,(H,22,25). The minimum Gasteiger partial charge on any atom is -0.356 e. The average Bonchev–Trinajstić information content (AvgIpc) is 3.21. The number of hydrogen-bond acceptors (Lipinski definition) is 3. The van der Waals surface area contributed by atoms with Crippen LogP contribution in [0.4, 0.5) is 0 Å². The molecule has 0 atom stereocenters. The van der Waals surface area contributed by atoms with Crippen molar-refractivity contribution in [2.24, 2.45) is 0 Å². The van der Waals surface area contributed by atoms with Crippen molar-refractivity contribution >= 4 is 17.2 Å². The van der Waals surface area contributed by atoms with Crippen molar-refractivity contribution in [3.8, 4) is 5.13 Å². The fraction of sp³-hybridized carbons (Fsp3) is 0.333. The molecule has 1 amide bonds. The lowest BCUT2D eigenvalue weighted by molar-refractivity contribution is -0.120. The minimum atomic E-state index is 0.0440. The maximum absolute atomic E-state index is 12.1. The lowest BCUT2D eigenvalue weighted by atomic mass is 10.1. The van der Waals surface area contributed by atoms with E-state index in [-0.39, 0.29) is 5.91 Å². The molecule has 3 rings (SSSR count). The first-order chi connectivity index (χ1) is 12.6. The molecule has 0 aliphatic heterocycles. The van der Waals surface area contributed by atoms with E-state index in [0.717, 1.165) is 48.0 Å². The second kappa shape index (κ2) is 8.81. The molecule has 5 heteroatoms. The van der Waals surface area contributed by atoms with Crippen LogP contribution in [0.15, 0.2) is 47.8 Å². The van der Waals surface area contributed by atoms with E-state index in [0.29, 0.717) is 6.42 Å². The smallest absolute Gasteiger partial charge is 0.226 e. The molecule has 2 aromatic heterocycles. The van der Waals surface area contributed by atoms with Gasteiger partial charge in [-0.25, -0.2) is 4.98 Å². The highest BCUT2D eigenvalue weighted by atomic mass is 32.1. The van der Waals surface area contributed by atoms with Crippen LogP contribution in [-0.4, -0.2) is 22.0 Å². The van der Waals surface area contributed by atoms with Crippen LogP contribution >= 0.6 is 11.3 Å². The van der Waals surface area contributed by atoms with Crippen LogP contribution < -0.4 is 5.32 Å². The van der Waals surface area contributed by atoms with Crippen LogP contribution in [0.1, 0.15) is 35.5 Å². The summed E-state index contributed by atoms with van der Waals surface area (Å²) < 4.78 is 2.12. The molecule has 0 aliphatic carbocycles. The number of benzene rings is 1. The Kier molecular flexibility index (Phi) is 6.23. The van der Waals surface area contributed by atoms with Crippen molar-refractivity contribution in [3.05, 3.63) is 70.5 Å². The molecule has 1 N–H and O–H groups in total. The van der Waals surface area contributed by atoms with E-state index in [1.807, 2.05) is 11.4 Å². The number of thiazole rings is 1. The molecule has 2 heterocycles. The summed E-state index contributed by atoms with van der Waals surface area (Å²) in [6, 6.07) is 14.6. The molecular weight excluding hydrogens is 342 g/mol. The zero-order valence-electron chi connectivity index (χ0n) is 15.4. The van der Waals surface area contributed by atoms with Gasteiger partial charge in [-0.05, 0) is 50.8 Å². The van der Waals surface area contributed by atoms with Crippen LogP contribution in [0.3, 0.4) is 0 Å². The maximum Gasteiger partial charge on any atom is 0.226 e. The Balaban J connectivity index is 1.41. The fourth-order valence-electron chi connectivity index (χ4n) is 3.00. The number of aryl methyl sites for hydroxylation is 3. The molecule has 0 fully saturated rings. The normalized spacial score (nSPS) is 10.8. The highest BCUT2D eigenvalue weighted by molar-refractivity contribution is 7.12. The highest BCUT2D eigenvalue weighted by Crippen LogP contribution is 2.20. The molecule has 0 radical (unpaired) electrons. The highest BCUT2D eigenvalue weighted by Gasteiger charge is 2.11. The van der Waals surface area contributed by atoms with Gasteiger partial charge in [0.1, 0.15) is 0 Å². The summed E-state index contributed by atoms with van der Waals surface area (Å²) in [5, 5.41) is 5.91. The van der Waals surface area contributed by atoms with Gasteiger partial charge in [-0.15, -0.1) is 11.3 Å². The zero-order valence-corrected chi connectivity index (χ0v) is 16.2. The summed E-state index contributed by atoms with van der Waals surface area (Å²) >= 11 is 1.58. The first-order valence-corrected chi connectivity index (χ1v) is 9.92. The lowest BCUT2D eigenvalue weighted by Crippen LogP contribution is -2.26. The van der Waals surface area contributed by atoms with Gasteiger partial charge in [0.15, 0.2) is 5.13 Å². The molecule has 0 bridgehead atoms. The second-order valence-electron chi connectivity index (χ2n) is 6.54. The first kappa shape index (κ1) is 18.4. The van der Waals surface area contributed by atoms with Crippen molar-refractivity contribution in [2.75, 3.05) is 6.54 Å². The molecule has 4 nitrogen and oxygen atoms in total. The van der Waals surface area contributed by atoms with Crippen LogP contribution in [0.25, 0.3) is 5.13 Å². The van der Waals surface area contributed by atoms with E-state index in [1.165, 1.54) is 5.56 Å². The summed E-state index contributed by atoms with van der Waals surface area (Å²) in [5.74, 6) is 0.0440. The molecule has 136 valence electrons. The summed E-state index contributed by atoms with van der Waals surface area (Å²) in [6.45, 7) is 4.85. The third-order valence-corrected chi connectivity index (χ3v) is 5.28. The van der Waals surface area contributed by atoms with Crippen molar-refractivity contribution in [2.45, 2.75) is 39.5 Å². The van der Waals surface area contributed by atoms with Gasteiger partial charge in [-0.2, -0.15) is 0 Å². The van der Waals surface area contributed by atoms with Crippen LogP contribution in [-0.2, 0) is 17.6 Å². The Morgan fingerprint density at radius 2 is 1.81 bits per heavy atom. The number of nitrogens with zero attached hydrogens (tertiary/aromatic N) is 2. The monoisotopic (exact) mass is 367 g/mol. The van der Waals surface area contributed by atoms with Gasteiger partial charge in [0.2, 0.25) is 5.91 Å². The maximum atomic E-state index is 12.1. The number of rotatable bonds is 8. The van der Waals surface area contributed by atoms with E-state index in [9.17, 15) is 4.79 Å².